The Hall–Kier alpha value is -2.10. The third-order valence-electron chi connectivity index (χ3n) is 3.23. The van der Waals surface area contributed by atoms with E-state index in [0.717, 1.165) is 19.3 Å². The second-order valence-corrected chi connectivity index (χ2v) is 4.51. The van der Waals surface area contributed by atoms with Crippen LogP contribution in [0.4, 0.5) is 5.69 Å². The molecule has 0 saturated heterocycles. The van der Waals surface area contributed by atoms with Crippen LogP contribution in [0.1, 0.15) is 29.6 Å². The lowest BCUT2D eigenvalue weighted by Gasteiger charge is -2.18. The largest absolute Gasteiger partial charge is 0.465 e. The highest BCUT2D eigenvalue weighted by Crippen LogP contribution is 2.22. The molecule has 1 aromatic rings. The summed E-state index contributed by atoms with van der Waals surface area (Å²) in [5.74, 6) is -0.504. The number of nitrogens with one attached hydrogen (secondary N) is 1. The maximum Gasteiger partial charge on any atom is 0.339 e. The zero-order chi connectivity index (χ0) is 13.7. The maximum absolute atomic E-state index is 12.1. The number of rotatable bonds is 3. The summed E-state index contributed by atoms with van der Waals surface area (Å²) in [7, 11) is 1.33. The number of carbonyl (C=O) groups is 2. The molecule has 0 spiro atoms. The minimum absolute atomic E-state index is 0.0179. The molecule has 1 aliphatic carbocycles. The minimum Gasteiger partial charge on any atom is -0.465 e. The van der Waals surface area contributed by atoms with Crippen LogP contribution in [-0.2, 0) is 9.53 Å². The molecule has 1 unspecified atom stereocenters. The molecule has 0 fully saturated rings. The fraction of sp³-hybridized carbons (Fsp3) is 0.333. The van der Waals surface area contributed by atoms with Gasteiger partial charge in [-0.05, 0) is 31.4 Å². The number of benzene rings is 1. The first-order valence-electron chi connectivity index (χ1n) is 6.35. The van der Waals surface area contributed by atoms with Gasteiger partial charge in [-0.3, -0.25) is 4.79 Å². The quantitative estimate of drug-likeness (QED) is 0.670. The summed E-state index contributed by atoms with van der Waals surface area (Å²) in [6.45, 7) is 0. The molecular weight excluding hydrogens is 242 g/mol. The Bertz CT molecular complexity index is 508. The Balaban J connectivity index is 2.12. The smallest absolute Gasteiger partial charge is 0.339 e. The van der Waals surface area contributed by atoms with Crippen molar-refractivity contribution in [2.45, 2.75) is 19.3 Å². The van der Waals surface area contributed by atoms with Crippen molar-refractivity contribution >= 4 is 17.6 Å². The van der Waals surface area contributed by atoms with Crippen LogP contribution >= 0.6 is 0 Å². The number of methoxy groups -OCH3 is 1. The summed E-state index contributed by atoms with van der Waals surface area (Å²) in [4.78, 5) is 23.7. The van der Waals surface area contributed by atoms with Gasteiger partial charge in [-0.15, -0.1) is 0 Å². The predicted molar refractivity (Wildman–Crippen MR) is 72.9 cm³/mol. The molecule has 0 aliphatic heterocycles. The minimum atomic E-state index is -0.445. The number of ether oxygens (including phenoxy) is 1. The zero-order valence-corrected chi connectivity index (χ0v) is 10.9. The molecule has 1 N–H and O–H groups in total. The van der Waals surface area contributed by atoms with E-state index in [0.29, 0.717) is 11.3 Å². The van der Waals surface area contributed by atoms with Crippen molar-refractivity contribution in [1.29, 1.82) is 0 Å². The van der Waals surface area contributed by atoms with Crippen LogP contribution in [0.25, 0.3) is 0 Å². The molecule has 0 radical (unpaired) electrons. The molecule has 1 atom stereocenters. The molecule has 2 rings (SSSR count). The van der Waals surface area contributed by atoms with Gasteiger partial charge in [0.25, 0.3) is 0 Å². The first kappa shape index (κ1) is 13.3. The molecule has 0 saturated carbocycles. The monoisotopic (exact) mass is 259 g/mol. The number of hydrogen-bond acceptors (Lipinski definition) is 3. The van der Waals surface area contributed by atoms with Gasteiger partial charge in [0.2, 0.25) is 5.91 Å². The number of amides is 1. The fourth-order valence-electron chi connectivity index (χ4n) is 2.15. The van der Waals surface area contributed by atoms with E-state index in [9.17, 15) is 9.59 Å². The molecule has 100 valence electrons. The van der Waals surface area contributed by atoms with Gasteiger partial charge in [-0.25, -0.2) is 4.79 Å². The standard InChI is InChI=1S/C15H17NO3/c1-19-15(18)12-9-5-6-10-13(12)16-14(17)11-7-3-2-4-8-11/h2-3,5-6,9-11H,4,7-8H2,1H3,(H,16,17). The number of esters is 1. The van der Waals surface area contributed by atoms with Crippen LogP contribution in [-0.4, -0.2) is 19.0 Å². The Morgan fingerprint density at radius 2 is 2.05 bits per heavy atom. The van der Waals surface area contributed by atoms with E-state index >= 15 is 0 Å². The molecular formula is C15H17NO3. The van der Waals surface area contributed by atoms with E-state index in [4.69, 9.17) is 4.74 Å². The van der Waals surface area contributed by atoms with E-state index in [1.54, 1.807) is 24.3 Å². The van der Waals surface area contributed by atoms with Crippen LogP contribution in [0, 0.1) is 5.92 Å². The van der Waals surface area contributed by atoms with Gasteiger partial charge < -0.3 is 10.1 Å². The van der Waals surface area contributed by atoms with E-state index < -0.39 is 5.97 Å². The van der Waals surface area contributed by atoms with Crippen molar-refractivity contribution in [1.82, 2.24) is 0 Å². The zero-order valence-electron chi connectivity index (χ0n) is 10.9. The normalized spacial score (nSPS) is 17.8. The van der Waals surface area contributed by atoms with Gasteiger partial charge in [-0.1, -0.05) is 24.3 Å². The number of hydrogen-bond donors (Lipinski definition) is 1. The van der Waals surface area contributed by atoms with Crippen molar-refractivity contribution < 1.29 is 14.3 Å². The second kappa shape index (κ2) is 6.18. The SMILES string of the molecule is COC(=O)c1ccccc1NC(=O)C1CC=CCC1. The molecule has 0 heterocycles. The molecule has 1 aromatic carbocycles. The molecule has 0 aromatic heterocycles. The van der Waals surface area contributed by atoms with Crippen molar-refractivity contribution in [3.63, 3.8) is 0 Å². The third kappa shape index (κ3) is 3.22. The van der Waals surface area contributed by atoms with Crippen LogP contribution in [0.15, 0.2) is 36.4 Å². The van der Waals surface area contributed by atoms with Gasteiger partial charge in [0.1, 0.15) is 0 Å². The van der Waals surface area contributed by atoms with Crippen molar-refractivity contribution in [2.75, 3.05) is 12.4 Å². The van der Waals surface area contributed by atoms with E-state index in [1.807, 2.05) is 6.08 Å². The fourth-order valence-corrected chi connectivity index (χ4v) is 2.15. The van der Waals surface area contributed by atoms with Gasteiger partial charge in [0, 0.05) is 5.92 Å². The molecule has 1 amide bonds. The number of carbonyl (C=O) groups excluding carboxylic acids is 2. The topological polar surface area (TPSA) is 55.4 Å². The lowest BCUT2D eigenvalue weighted by Crippen LogP contribution is -2.24. The summed E-state index contributed by atoms with van der Waals surface area (Å²) in [6, 6.07) is 6.87. The van der Waals surface area contributed by atoms with Gasteiger partial charge >= 0.3 is 5.97 Å². The van der Waals surface area contributed by atoms with Crippen molar-refractivity contribution in [3.8, 4) is 0 Å². The second-order valence-electron chi connectivity index (χ2n) is 4.51. The summed E-state index contributed by atoms with van der Waals surface area (Å²) in [5, 5.41) is 2.82. The number of anilines is 1. The van der Waals surface area contributed by atoms with Crippen molar-refractivity contribution in [2.24, 2.45) is 5.92 Å². The molecule has 19 heavy (non-hydrogen) atoms. The first-order valence-corrected chi connectivity index (χ1v) is 6.35. The molecule has 1 aliphatic rings. The Labute approximate surface area is 112 Å². The highest BCUT2D eigenvalue weighted by atomic mass is 16.5. The lowest BCUT2D eigenvalue weighted by atomic mass is 9.93. The summed E-state index contributed by atoms with van der Waals surface area (Å²) in [5.41, 5.74) is 0.888. The third-order valence-corrected chi connectivity index (χ3v) is 3.23. The Morgan fingerprint density at radius 1 is 1.26 bits per heavy atom. The number of para-hydroxylation sites is 1. The Kier molecular flexibility index (Phi) is 4.34. The van der Waals surface area contributed by atoms with Crippen LogP contribution in [0.5, 0.6) is 0 Å². The van der Waals surface area contributed by atoms with E-state index in [-0.39, 0.29) is 11.8 Å². The molecule has 4 heteroatoms. The summed E-state index contributed by atoms with van der Waals surface area (Å²) < 4.78 is 4.70. The van der Waals surface area contributed by atoms with Crippen LogP contribution in [0.2, 0.25) is 0 Å². The first-order chi connectivity index (χ1) is 9.22. The van der Waals surface area contributed by atoms with E-state index in [1.165, 1.54) is 7.11 Å². The molecule has 4 nitrogen and oxygen atoms in total. The Morgan fingerprint density at radius 3 is 2.74 bits per heavy atom. The van der Waals surface area contributed by atoms with Crippen molar-refractivity contribution in [3.05, 3.63) is 42.0 Å². The summed E-state index contributed by atoms with van der Waals surface area (Å²) in [6.07, 6.45) is 6.65. The maximum atomic E-state index is 12.1. The highest BCUT2D eigenvalue weighted by Gasteiger charge is 2.20. The average molecular weight is 259 g/mol. The van der Waals surface area contributed by atoms with Crippen LogP contribution in [0.3, 0.4) is 0 Å². The summed E-state index contributed by atoms with van der Waals surface area (Å²) >= 11 is 0. The van der Waals surface area contributed by atoms with Crippen LogP contribution < -0.4 is 5.32 Å². The predicted octanol–water partition coefficient (Wildman–Crippen LogP) is 2.77. The number of allylic oxidation sites excluding steroid dienone is 2. The van der Waals surface area contributed by atoms with E-state index in [2.05, 4.69) is 11.4 Å². The van der Waals surface area contributed by atoms with Gasteiger partial charge in [0.05, 0.1) is 18.4 Å². The lowest BCUT2D eigenvalue weighted by molar-refractivity contribution is -0.120. The van der Waals surface area contributed by atoms with Gasteiger partial charge in [-0.2, -0.15) is 0 Å². The van der Waals surface area contributed by atoms with Gasteiger partial charge in [0.15, 0.2) is 0 Å². The average Bonchev–Trinajstić information content (AvgIpc) is 2.48. The highest BCUT2D eigenvalue weighted by molar-refractivity contribution is 6.01. The molecule has 0 bridgehead atoms.